The topological polar surface area (TPSA) is 88.5 Å². The number of aliphatic hydroxyl groups excluding tert-OH is 1. The van der Waals surface area contributed by atoms with E-state index in [-0.39, 0.29) is 37.2 Å². The van der Waals surface area contributed by atoms with Crippen LogP contribution in [-0.2, 0) is 0 Å². The van der Waals surface area contributed by atoms with E-state index in [4.69, 9.17) is 14.2 Å². The summed E-state index contributed by atoms with van der Waals surface area (Å²) in [5.74, 6) is 1.61. The molecule has 4 aliphatic rings. The van der Waals surface area contributed by atoms with Gasteiger partial charge >= 0.3 is 0 Å². The highest BCUT2D eigenvalue weighted by Crippen LogP contribution is 2.37. The Balaban J connectivity index is 1.38. The van der Waals surface area contributed by atoms with Crippen LogP contribution in [0, 0.1) is 5.41 Å². The lowest BCUT2D eigenvalue weighted by atomic mass is 9.75. The first-order valence-electron chi connectivity index (χ1n) is 12.4. The van der Waals surface area contributed by atoms with Crippen LogP contribution in [0.5, 0.6) is 17.2 Å². The summed E-state index contributed by atoms with van der Waals surface area (Å²) in [6.07, 6.45) is 4.17. The van der Waals surface area contributed by atoms with Gasteiger partial charge in [-0.3, -0.25) is 9.59 Å². The predicted molar refractivity (Wildman–Crippen MR) is 129 cm³/mol. The monoisotopic (exact) mass is 480 g/mol. The fraction of sp³-hybridized carbons (Fsp3) is 0.481. The van der Waals surface area contributed by atoms with Crippen LogP contribution in [0.15, 0.2) is 42.5 Å². The van der Waals surface area contributed by atoms with Crippen LogP contribution in [-0.4, -0.2) is 72.9 Å². The summed E-state index contributed by atoms with van der Waals surface area (Å²) in [5.41, 5.74) is 0.910. The van der Waals surface area contributed by atoms with E-state index in [9.17, 15) is 14.7 Å². The van der Waals surface area contributed by atoms with Crippen molar-refractivity contribution in [1.29, 1.82) is 0 Å². The van der Waals surface area contributed by atoms with Crippen LogP contribution in [0.4, 0.5) is 0 Å². The highest BCUT2D eigenvalue weighted by Gasteiger charge is 2.36. The summed E-state index contributed by atoms with van der Waals surface area (Å²) >= 11 is 0. The number of hydrogen-bond donors (Lipinski definition) is 1. The largest absolute Gasteiger partial charge is 0.491 e. The number of rotatable bonds is 2. The van der Waals surface area contributed by atoms with Crippen LogP contribution in [0.2, 0.25) is 0 Å². The lowest BCUT2D eigenvalue weighted by Crippen LogP contribution is -2.44. The van der Waals surface area contributed by atoms with Crippen LogP contribution >= 0.6 is 0 Å². The number of carbonyl (C=O) groups is 2. The standard InChI is InChI=1S/C27H32N2O6/c30-18-27-9-3-4-12-28(25(31)20-7-8-23-24(17-20)35-19-34-23)15-16-33-22-6-2-1-5-21(22)26(32)29(13-10-27)14-11-27/h1-2,5-8,17,30H,3-4,9-16,18-19H2. The summed E-state index contributed by atoms with van der Waals surface area (Å²) in [7, 11) is 0. The van der Waals surface area contributed by atoms with Crippen molar-refractivity contribution in [3.63, 3.8) is 0 Å². The van der Waals surface area contributed by atoms with E-state index in [1.54, 1.807) is 35.2 Å². The Hall–Kier alpha value is -3.26. The Morgan fingerprint density at radius 3 is 2.51 bits per heavy atom. The molecule has 6 rings (SSSR count). The average molecular weight is 481 g/mol. The maximum Gasteiger partial charge on any atom is 0.257 e. The number of para-hydroxylation sites is 1. The molecule has 4 heterocycles. The molecule has 2 aromatic rings. The minimum Gasteiger partial charge on any atom is -0.491 e. The Bertz CT molecular complexity index is 1080. The number of carbonyl (C=O) groups excluding carboxylic acids is 2. The first kappa shape index (κ1) is 23.5. The number of nitrogens with zero attached hydrogens (tertiary/aromatic N) is 2. The van der Waals surface area contributed by atoms with Gasteiger partial charge in [-0.1, -0.05) is 18.6 Å². The zero-order valence-corrected chi connectivity index (χ0v) is 19.9. The molecule has 0 aliphatic carbocycles. The van der Waals surface area contributed by atoms with Gasteiger partial charge in [-0.2, -0.15) is 0 Å². The van der Waals surface area contributed by atoms with Gasteiger partial charge in [0.05, 0.1) is 12.1 Å². The van der Waals surface area contributed by atoms with Crippen LogP contribution in [0.25, 0.3) is 0 Å². The summed E-state index contributed by atoms with van der Waals surface area (Å²) in [5, 5.41) is 10.2. The van der Waals surface area contributed by atoms with E-state index in [1.807, 2.05) is 17.0 Å². The van der Waals surface area contributed by atoms with Crippen molar-refractivity contribution in [2.75, 3.05) is 46.2 Å². The van der Waals surface area contributed by atoms with Gasteiger partial charge in [0.1, 0.15) is 12.4 Å². The van der Waals surface area contributed by atoms with Crippen LogP contribution in [0.3, 0.4) is 0 Å². The third kappa shape index (κ3) is 4.93. The highest BCUT2D eigenvalue weighted by atomic mass is 16.7. The SMILES string of the molecule is O=C(c1ccc2c(c1)OCO2)N1CCCCC2(CO)CCN(CC2)C(=O)c2ccccc2OCC1. The number of fused-ring (bicyclic) bond motifs is 10. The number of benzene rings is 2. The van der Waals surface area contributed by atoms with E-state index in [2.05, 4.69) is 0 Å². The smallest absolute Gasteiger partial charge is 0.257 e. The van der Waals surface area contributed by atoms with Gasteiger partial charge in [0.15, 0.2) is 11.5 Å². The molecule has 2 aromatic carbocycles. The summed E-state index contributed by atoms with van der Waals surface area (Å²) in [6, 6.07) is 12.5. The molecule has 8 heteroatoms. The van der Waals surface area contributed by atoms with E-state index in [0.717, 1.165) is 32.1 Å². The minimum atomic E-state index is -0.168. The van der Waals surface area contributed by atoms with Crippen molar-refractivity contribution in [2.24, 2.45) is 5.41 Å². The lowest BCUT2D eigenvalue weighted by molar-refractivity contribution is 0.0297. The predicted octanol–water partition coefficient (Wildman–Crippen LogP) is 3.34. The molecular weight excluding hydrogens is 448 g/mol. The second-order valence-corrected chi connectivity index (χ2v) is 9.61. The second-order valence-electron chi connectivity index (χ2n) is 9.61. The Kier molecular flexibility index (Phi) is 6.81. The molecule has 1 N–H and O–H groups in total. The molecule has 0 unspecified atom stereocenters. The molecule has 0 aromatic heterocycles. The molecule has 0 saturated carbocycles. The lowest BCUT2D eigenvalue weighted by Gasteiger charge is -2.41. The van der Waals surface area contributed by atoms with Gasteiger partial charge in [0.25, 0.3) is 11.8 Å². The van der Waals surface area contributed by atoms with Gasteiger partial charge in [0, 0.05) is 31.8 Å². The Labute approximate surface area is 205 Å². The Morgan fingerprint density at radius 1 is 0.886 bits per heavy atom. The molecule has 0 atom stereocenters. The number of hydrogen-bond acceptors (Lipinski definition) is 6. The molecule has 4 aliphatic heterocycles. The quantitative estimate of drug-likeness (QED) is 0.709. The molecule has 186 valence electrons. The highest BCUT2D eigenvalue weighted by molar-refractivity contribution is 5.97. The van der Waals surface area contributed by atoms with E-state index < -0.39 is 0 Å². The second kappa shape index (κ2) is 10.2. The molecule has 1 saturated heterocycles. The summed E-state index contributed by atoms with van der Waals surface area (Å²) in [6.45, 7) is 2.79. The molecular formula is C27H32N2O6. The maximum atomic E-state index is 13.4. The van der Waals surface area contributed by atoms with Gasteiger partial charge < -0.3 is 29.1 Å². The van der Waals surface area contributed by atoms with E-state index in [0.29, 0.717) is 54.6 Å². The zero-order chi connectivity index (χ0) is 24.3. The third-order valence-corrected chi connectivity index (χ3v) is 7.47. The molecule has 8 nitrogen and oxygen atoms in total. The van der Waals surface area contributed by atoms with Crippen LogP contribution < -0.4 is 14.2 Å². The third-order valence-electron chi connectivity index (χ3n) is 7.47. The van der Waals surface area contributed by atoms with Crippen molar-refractivity contribution in [1.82, 2.24) is 9.80 Å². The van der Waals surface area contributed by atoms with E-state index >= 15 is 0 Å². The van der Waals surface area contributed by atoms with Crippen molar-refractivity contribution in [3.05, 3.63) is 53.6 Å². The molecule has 0 spiro atoms. The summed E-state index contributed by atoms with van der Waals surface area (Å²) in [4.78, 5) is 30.3. The Morgan fingerprint density at radius 2 is 1.69 bits per heavy atom. The van der Waals surface area contributed by atoms with Crippen LogP contribution in [0.1, 0.15) is 52.8 Å². The van der Waals surface area contributed by atoms with Gasteiger partial charge in [-0.05, 0) is 61.4 Å². The number of piperidine rings is 1. The zero-order valence-electron chi connectivity index (χ0n) is 19.9. The number of aliphatic hydroxyl groups is 1. The number of amides is 2. The van der Waals surface area contributed by atoms with E-state index in [1.165, 1.54) is 0 Å². The van der Waals surface area contributed by atoms with Gasteiger partial charge in [-0.25, -0.2) is 0 Å². The molecule has 1 fully saturated rings. The fourth-order valence-corrected chi connectivity index (χ4v) is 5.21. The minimum absolute atomic E-state index is 0.0460. The van der Waals surface area contributed by atoms with Crippen molar-refractivity contribution in [3.8, 4) is 17.2 Å². The molecule has 0 radical (unpaired) electrons. The van der Waals surface area contributed by atoms with Crippen molar-refractivity contribution < 1.29 is 28.9 Å². The normalized spacial score (nSPS) is 20.0. The van der Waals surface area contributed by atoms with Gasteiger partial charge in [-0.15, -0.1) is 0 Å². The molecule has 2 amide bonds. The first-order valence-corrected chi connectivity index (χ1v) is 12.4. The van der Waals surface area contributed by atoms with Crippen molar-refractivity contribution >= 4 is 11.8 Å². The first-order chi connectivity index (χ1) is 17.1. The summed E-state index contributed by atoms with van der Waals surface area (Å²) < 4.78 is 16.9. The average Bonchev–Trinajstić information content (AvgIpc) is 3.37. The number of ether oxygens (including phenoxy) is 3. The molecule has 2 bridgehead atoms. The fourth-order valence-electron chi connectivity index (χ4n) is 5.21. The molecule has 35 heavy (non-hydrogen) atoms. The van der Waals surface area contributed by atoms with Crippen molar-refractivity contribution in [2.45, 2.75) is 32.1 Å². The van der Waals surface area contributed by atoms with Gasteiger partial charge in [0.2, 0.25) is 6.79 Å². The maximum absolute atomic E-state index is 13.4.